The van der Waals surface area contributed by atoms with Crippen molar-refractivity contribution in [2.24, 2.45) is 4.99 Å². The SMILES string of the molecule is Cc1ccc(N(c2ccc(C)cc2)c2ccc(-c3ncc(N=c4c(=O)c(=O)c5cc6ccccc6cc45)c4nsnc34)cc2)cc1. The fourth-order valence-corrected chi connectivity index (χ4v) is 6.42. The van der Waals surface area contributed by atoms with E-state index < -0.39 is 10.9 Å². The Morgan fingerprint density at radius 3 is 1.78 bits per heavy atom. The number of pyridine rings is 1. The molecule has 0 amide bonds. The highest BCUT2D eigenvalue weighted by molar-refractivity contribution is 7.00. The Balaban J connectivity index is 1.21. The number of hydrogen-bond donors (Lipinski definition) is 0. The predicted octanol–water partition coefficient (Wildman–Crippen LogP) is 7.97. The third-order valence-electron chi connectivity index (χ3n) is 8.29. The van der Waals surface area contributed by atoms with Gasteiger partial charge in [0.2, 0.25) is 5.43 Å². The van der Waals surface area contributed by atoms with E-state index in [0.717, 1.165) is 45.1 Å². The highest BCUT2D eigenvalue weighted by Gasteiger charge is 2.18. The van der Waals surface area contributed by atoms with Crippen LogP contribution < -0.4 is 21.1 Å². The Labute approximate surface area is 267 Å². The van der Waals surface area contributed by atoms with Gasteiger partial charge >= 0.3 is 0 Å². The van der Waals surface area contributed by atoms with Crippen molar-refractivity contribution in [1.29, 1.82) is 0 Å². The highest BCUT2D eigenvalue weighted by atomic mass is 32.1. The van der Waals surface area contributed by atoms with Crippen LogP contribution in [0.5, 0.6) is 0 Å². The van der Waals surface area contributed by atoms with E-state index in [1.54, 1.807) is 12.3 Å². The minimum Gasteiger partial charge on any atom is -0.311 e. The van der Waals surface area contributed by atoms with Crippen LogP contribution in [0.15, 0.2) is 130 Å². The molecule has 8 aromatic rings. The zero-order chi connectivity index (χ0) is 31.4. The van der Waals surface area contributed by atoms with Gasteiger partial charge in [0, 0.05) is 33.4 Å². The van der Waals surface area contributed by atoms with Crippen LogP contribution in [-0.4, -0.2) is 13.7 Å². The summed E-state index contributed by atoms with van der Waals surface area (Å²) in [6.07, 6.45) is 1.60. The molecule has 0 saturated carbocycles. The van der Waals surface area contributed by atoms with Gasteiger partial charge in [-0.05, 0) is 73.2 Å². The Kier molecular flexibility index (Phi) is 6.58. The lowest BCUT2D eigenvalue weighted by molar-refractivity contribution is 1.26. The minimum atomic E-state index is -0.631. The van der Waals surface area contributed by atoms with E-state index >= 15 is 0 Å². The van der Waals surface area contributed by atoms with Crippen LogP contribution in [0.1, 0.15) is 11.1 Å². The average molecular weight is 616 g/mol. The molecule has 220 valence electrons. The van der Waals surface area contributed by atoms with E-state index in [2.05, 4.69) is 93.2 Å². The van der Waals surface area contributed by atoms with Gasteiger partial charge in [-0.2, -0.15) is 8.75 Å². The molecular weight excluding hydrogens is 591 g/mol. The number of rotatable bonds is 5. The van der Waals surface area contributed by atoms with Crippen LogP contribution >= 0.6 is 11.7 Å². The molecule has 0 radical (unpaired) electrons. The monoisotopic (exact) mass is 615 g/mol. The molecule has 7 nitrogen and oxygen atoms in total. The Morgan fingerprint density at radius 1 is 0.630 bits per heavy atom. The molecular formula is C38H25N5O2S. The number of benzene rings is 5. The molecule has 0 N–H and O–H groups in total. The lowest BCUT2D eigenvalue weighted by Crippen LogP contribution is -2.30. The summed E-state index contributed by atoms with van der Waals surface area (Å²) in [5, 5.41) is 2.82. The Morgan fingerprint density at radius 2 is 1.17 bits per heavy atom. The number of fused-ring (bicyclic) bond motifs is 3. The fourth-order valence-electron chi connectivity index (χ4n) is 5.86. The number of aromatic nitrogens is 3. The largest absolute Gasteiger partial charge is 0.311 e. The summed E-state index contributed by atoms with van der Waals surface area (Å²) in [4.78, 5) is 37.6. The molecule has 8 rings (SSSR count). The maximum Gasteiger partial charge on any atom is 0.252 e. The van der Waals surface area contributed by atoms with Gasteiger partial charge in [0.1, 0.15) is 22.1 Å². The summed E-state index contributed by atoms with van der Waals surface area (Å²) in [5.74, 6) is 0. The molecule has 8 heteroatoms. The van der Waals surface area contributed by atoms with E-state index in [9.17, 15) is 9.59 Å². The van der Waals surface area contributed by atoms with Crippen LogP contribution in [0.25, 0.3) is 43.8 Å². The molecule has 0 aliphatic heterocycles. The smallest absolute Gasteiger partial charge is 0.252 e. The van der Waals surface area contributed by atoms with E-state index in [0.29, 0.717) is 33.2 Å². The molecule has 2 aromatic heterocycles. The standard InChI is InChI=1S/C38H25N5O2S/c1-22-7-13-27(14-8-22)43(28-15-9-23(2)10-16-28)29-17-11-24(12-18-29)33-36-35(41-46-42-36)32(21-39-33)40-34-30-19-25-5-3-4-6-26(25)20-31(30)37(44)38(34)45/h3-21H,1-2H3. The van der Waals surface area contributed by atoms with Crippen molar-refractivity contribution in [1.82, 2.24) is 13.7 Å². The second-order valence-corrected chi connectivity index (χ2v) is 11.9. The highest BCUT2D eigenvalue weighted by Crippen LogP contribution is 2.37. The van der Waals surface area contributed by atoms with Crippen LogP contribution in [0.3, 0.4) is 0 Å². The normalized spacial score (nSPS) is 12.0. The molecule has 0 spiro atoms. The number of anilines is 3. The summed E-state index contributed by atoms with van der Waals surface area (Å²) in [6, 6.07) is 36.4. The molecule has 46 heavy (non-hydrogen) atoms. The third-order valence-corrected chi connectivity index (χ3v) is 8.82. The molecule has 2 heterocycles. The summed E-state index contributed by atoms with van der Waals surface area (Å²) in [6.45, 7) is 4.16. The molecule has 0 atom stereocenters. The van der Waals surface area contributed by atoms with Crippen molar-refractivity contribution in [3.8, 4) is 11.3 Å². The zero-order valence-corrected chi connectivity index (χ0v) is 25.7. The first-order valence-corrected chi connectivity index (χ1v) is 15.5. The Bertz CT molecular complexity index is 2540. The van der Waals surface area contributed by atoms with E-state index in [-0.39, 0.29) is 5.36 Å². The molecule has 0 saturated heterocycles. The van der Waals surface area contributed by atoms with E-state index in [1.807, 2.05) is 42.5 Å². The van der Waals surface area contributed by atoms with Crippen LogP contribution in [0, 0.1) is 13.8 Å². The third kappa shape index (κ3) is 4.67. The van der Waals surface area contributed by atoms with Crippen molar-refractivity contribution < 1.29 is 0 Å². The molecule has 0 unspecified atom stereocenters. The lowest BCUT2D eigenvalue weighted by atomic mass is 10.1. The first-order valence-electron chi connectivity index (χ1n) is 14.8. The number of hydrogen-bond acceptors (Lipinski definition) is 8. The van der Waals surface area contributed by atoms with Gasteiger partial charge in [-0.1, -0.05) is 71.8 Å². The van der Waals surface area contributed by atoms with Gasteiger partial charge in [0.05, 0.1) is 23.6 Å². The quantitative estimate of drug-likeness (QED) is 0.183. The van der Waals surface area contributed by atoms with Gasteiger partial charge in [0.15, 0.2) is 0 Å². The van der Waals surface area contributed by atoms with Gasteiger partial charge in [-0.25, -0.2) is 4.99 Å². The van der Waals surface area contributed by atoms with Crippen LogP contribution in [0.4, 0.5) is 22.7 Å². The second-order valence-electron chi connectivity index (χ2n) is 11.4. The molecule has 0 fully saturated rings. The van der Waals surface area contributed by atoms with Gasteiger partial charge < -0.3 is 4.90 Å². The first-order chi connectivity index (χ1) is 22.4. The van der Waals surface area contributed by atoms with Crippen molar-refractivity contribution in [2.75, 3.05) is 4.90 Å². The van der Waals surface area contributed by atoms with E-state index in [1.165, 1.54) is 11.1 Å². The molecule has 6 aromatic carbocycles. The van der Waals surface area contributed by atoms with Crippen molar-refractivity contribution in [3.63, 3.8) is 0 Å². The van der Waals surface area contributed by atoms with Crippen molar-refractivity contribution >= 4 is 67.1 Å². The topological polar surface area (TPSA) is 88.4 Å². The lowest BCUT2D eigenvalue weighted by Gasteiger charge is -2.26. The van der Waals surface area contributed by atoms with Crippen molar-refractivity contribution in [2.45, 2.75) is 13.8 Å². The van der Waals surface area contributed by atoms with Gasteiger partial charge in [-0.3, -0.25) is 14.6 Å². The van der Waals surface area contributed by atoms with Crippen molar-refractivity contribution in [3.05, 3.63) is 152 Å². The summed E-state index contributed by atoms with van der Waals surface area (Å²) >= 11 is 1.06. The number of nitrogens with zero attached hydrogens (tertiary/aromatic N) is 5. The predicted molar refractivity (Wildman–Crippen MR) is 186 cm³/mol. The number of aryl methyl sites for hydroxylation is 2. The fraction of sp³-hybridized carbons (Fsp3) is 0.0526. The average Bonchev–Trinajstić information content (AvgIpc) is 3.66. The zero-order valence-electron chi connectivity index (χ0n) is 24.9. The van der Waals surface area contributed by atoms with E-state index in [4.69, 9.17) is 4.98 Å². The summed E-state index contributed by atoms with van der Waals surface area (Å²) < 4.78 is 9.07. The molecule has 0 bridgehead atoms. The van der Waals surface area contributed by atoms with Gasteiger partial charge in [-0.15, -0.1) is 0 Å². The van der Waals surface area contributed by atoms with Crippen LogP contribution in [0.2, 0.25) is 0 Å². The minimum absolute atomic E-state index is 0.103. The summed E-state index contributed by atoms with van der Waals surface area (Å²) in [5.41, 5.74) is 7.38. The maximum atomic E-state index is 13.1. The van der Waals surface area contributed by atoms with Crippen LogP contribution in [-0.2, 0) is 0 Å². The molecule has 0 aliphatic carbocycles. The maximum absolute atomic E-state index is 13.1. The second kappa shape index (κ2) is 10.9. The first kappa shape index (κ1) is 27.7. The van der Waals surface area contributed by atoms with Gasteiger partial charge in [0.25, 0.3) is 5.43 Å². The molecule has 0 aliphatic rings. The Hall–Kier alpha value is -5.86. The summed E-state index contributed by atoms with van der Waals surface area (Å²) in [7, 11) is 0.